The first-order valence-electron chi connectivity index (χ1n) is 9.79. The van der Waals surface area contributed by atoms with Gasteiger partial charge in [0, 0.05) is 30.4 Å². The average Bonchev–Trinajstić information content (AvgIpc) is 3.35. The molecule has 2 heterocycles. The molecule has 2 atom stereocenters. The number of aliphatic hydroxyl groups is 1. The molecule has 144 valence electrons. The molecule has 0 radical (unpaired) electrons. The summed E-state index contributed by atoms with van der Waals surface area (Å²) in [4.78, 5) is 14.6. The molecule has 2 fully saturated rings. The van der Waals surface area contributed by atoms with Crippen LogP contribution in [0.1, 0.15) is 41.8 Å². The van der Waals surface area contributed by atoms with Crippen LogP contribution >= 0.6 is 0 Å². The van der Waals surface area contributed by atoms with Crippen molar-refractivity contribution in [2.75, 3.05) is 6.54 Å². The van der Waals surface area contributed by atoms with Crippen molar-refractivity contribution in [1.29, 1.82) is 0 Å². The lowest BCUT2D eigenvalue weighted by atomic mass is 10.1. The van der Waals surface area contributed by atoms with E-state index in [2.05, 4.69) is 24.4 Å². The zero-order valence-electron chi connectivity index (χ0n) is 16.3. The number of aliphatic hydroxyl groups excluding tert-OH is 1. The Kier molecular flexibility index (Phi) is 4.68. The van der Waals surface area contributed by atoms with E-state index in [9.17, 15) is 9.90 Å². The van der Waals surface area contributed by atoms with Crippen LogP contribution < -0.4 is 5.32 Å². The summed E-state index contributed by atoms with van der Waals surface area (Å²) in [7, 11) is 0. The molecule has 2 N–H and O–H groups in total. The quantitative estimate of drug-likeness (QED) is 0.872. The van der Waals surface area contributed by atoms with Crippen molar-refractivity contribution < 1.29 is 9.90 Å². The fraction of sp³-hybridized carbons (Fsp3) is 0.524. The number of rotatable bonds is 4. The molecule has 2 aromatic rings. The molecule has 1 aliphatic carbocycles. The van der Waals surface area contributed by atoms with Gasteiger partial charge in [-0.2, -0.15) is 5.10 Å². The molecule has 2 unspecified atom stereocenters. The molecule has 0 bridgehead atoms. The van der Waals surface area contributed by atoms with Crippen LogP contribution in [0.15, 0.2) is 24.3 Å². The van der Waals surface area contributed by atoms with E-state index in [1.165, 1.54) is 12.8 Å². The Morgan fingerprint density at radius 1 is 1.26 bits per heavy atom. The zero-order valence-corrected chi connectivity index (χ0v) is 16.3. The lowest BCUT2D eigenvalue weighted by Gasteiger charge is -2.24. The second kappa shape index (κ2) is 7.00. The van der Waals surface area contributed by atoms with Crippen molar-refractivity contribution >= 4 is 6.03 Å². The van der Waals surface area contributed by atoms with Gasteiger partial charge in [0.2, 0.25) is 0 Å². The first-order valence-corrected chi connectivity index (χ1v) is 9.79. The second-order valence-corrected chi connectivity index (χ2v) is 7.95. The first kappa shape index (κ1) is 18.0. The van der Waals surface area contributed by atoms with E-state index in [0.29, 0.717) is 25.4 Å². The molecule has 6 nitrogen and oxygen atoms in total. The van der Waals surface area contributed by atoms with Gasteiger partial charge in [0.1, 0.15) is 0 Å². The number of hydrogen-bond acceptors (Lipinski definition) is 3. The number of likely N-dealkylation sites (tertiary alicyclic amines) is 1. The Hall–Kier alpha value is -2.34. The SMILES string of the molecule is Cc1ccccc1-n1nc(C)c(CNC(=O)N2CC(O)CC2C2CC2)c1C. The van der Waals surface area contributed by atoms with E-state index in [1.54, 1.807) is 0 Å². The van der Waals surface area contributed by atoms with Crippen LogP contribution in [0, 0.1) is 26.7 Å². The molecule has 2 aliphatic rings. The summed E-state index contributed by atoms with van der Waals surface area (Å²) in [6.45, 7) is 6.99. The van der Waals surface area contributed by atoms with E-state index in [0.717, 1.165) is 28.2 Å². The van der Waals surface area contributed by atoms with Gasteiger partial charge in [0.05, 0.1) is 17.5 Å². The number of benzene rings is 1. The maximum atomic E-state index is 12.7. The topological polar surface area (TPSA) is 70.4 Å². The standard InChI is InChI=1S/C21H28N4O2/c1-13-6-4-5-7-19(13)25-15(3)18(14(2)23-25)11-22-21(27)24-12-17(26)10-20(24)16-8-9-16/h4-7,16-17,20,26H,8-12H2,1-3H3,(H,22,27). The van der Waals surface area contributed by atoms with Gasteiger partial charge >= 0.3 is 6.03 Å². The van der Waals surface area contributed by atoms with Gasteiger partial charge in [0.25, 0.3) is 0 Å². The van der Waals surface area contributed by atoms with Crippen molar-refractivity contribution in [2.45, 2.75) is 58.7 Å². The third-order valence-corrected chi connectivity index (χ3v) is 5.95. The van der Waals surface area contributed by atoms with Crippen LogP contribution in [0.3, 0.4) is 0 Å². The van der Waals surface area contributed by atoms with Crippen LogP contribution in [0.4, 0.5) is 4.79 Å². The summed E-state index contributed by atoms with van der Waals surface area (Å²) in [5, 5.41) is 17.7. The van der Waals surface area contributed by atoms with Crippen LogP contribution in [0.25, 0.3) is 5.69 Å². The highest BCUT2D eigenvalue weighted by molar-refractivity contribution is 5.75. The van der Waals surface area contributed by atoms with E-state index >= 15 is 0 Å². The predicted molar refractivity (Wildman–Crippen MR) is 104 cm³/mol. The number of carbonyl (C=O) groups is 1. The maximum absolute atomic E-state index is 12.7. The van der Waals surface area contributed by atoms with Crippen molar-refractivity contribution in [3.8, 4) is 5.69 Å². The minimum Gasteiger partial charge on any atom is -0.391 e. The Balaban J connectivity index is 1.49. The number of amides is 2. The van der Waals surface area contributed by atoms with Gasteiger partial charge in [-0.15, -0.1) is 0 Å². The molecule has 27 heavy (non-hydrogen) atoms. The smallest absolute Gasteiger partial charge is 0.318 e. The number of nitrogens with zero attached hydrogens (tertiary/aromatic N) is 3. The minimum absolute atomic E-state index is 0.0779. The van der Waals surface area contributed by atoms with Crippen LogP contribution in [-0.2, 0) is 6.54 Å². The normalized spacial score (nSPS) is 22.3. The molecule has 1 saturated heterocycles. The molecule has 1 aliphatic heterocycles. The van der Waals surface area contributed by atoms with E-state index in [-0.39, 0.29) is 12.1 Å². The van der Waals surface area contributed by atoms with Gasteiger partial charge in [-0.05, 0) is 57.6 Å². The molecule has 2 amide bonds. The summed E-state index contributed by atoms with van der Waals surface area (Å²) >= 11 is 0. The number of para-hydroxylation sites is 1. The third kappa shape index (κ3) is 3.46. The Bertz CT molecular complexity index is 856. The highest BCUT2D eigenvalue weighted by atomic mass is 16.3. The predicted octanol–water partition coefficient (Wildman–Crippen LogP) is 2.85. The lowest BCUT2D eigenvalue weighted by Crippen LogP contribution is -2.43. The van der Waals surface area contributed by atoms with Crippen LogP contribution in [0.2, 0.25) is 0 Å². The van der Waals surface area contributed by atoms with Gasteiger partial charge in [-0.1, -0.05) is 18.2 Å². The summed E-state index contributed by atoms with van der Waals surface area (Å²) in [5.41, 5.74) is 5.25. The number of aromatic nitrogens is 2. The summed E-state index contributed by atoms with van der Waals surface area (Å²) in [5.74, 6) is 0.570. The second-order valence-electron chi connectivity index (χ2n) is 7.95. The van der Waals surface area contributed by atoms with Crippen molar-refractivity contribution in [3.63, 3.8) is 0 Å². The number of urea groups is 1. The molecular weight excluding hydrogens is 340 g/mol. The van der Waals surface area contributed by atoms with E-state index < -0.39 is 6.10 Å². The number of aryl methyl sites for hydroxylation is 2. The lowest BCUT2D eigenvalue weighted by molar-refractivity contribution is 0.168. The molecule has 1 aromatic heterocycles. The molecule has 0 spiro atoms. The number of nitrogens with one attached hydrogen (secondary N) is 1. The van der Waals surface area contributed by atoms with Gasteiger partial charge in [-0.3, -0.25) is 0 Å². The summed E-state index contributed by atoms with van der Waals surface area (Å²) in [6, 6.07) is 8.28. The van der Waals surface area contributed by atoms with Crippen molar-refractivity contribution in [3.05, 3.63) is 46.8 Å². The number of hydrogen-bond donors (Lipinski definition) is 2. The molecule has 1 aromatic carbocycles. The van der Waals surface area contributed by atoms with Gasteiger partial charge in [-0.25, -0.2) is 9.48 Å². The fourth-order valence-corrected chi connectivity index (χ4v) is 4.24. The minimum atomic E-state index is -0.395. The molecule has 1 saturated carbocycles. The van der Waals surface area contributed by atoms with Crippen molar-refractivity contribution in [1.82, 2.24) is 20.0 Å². The van der Waals surface area contributed by atoms with Crippen LogP contribution in [0.5, 0.6) is 0 Å². The zero-order chi connectivity index (χ0) is 19.1. The molecule has 4 rings (SSSR count). The maximum Gasteiger partial charge on any atom is 0.318 e. The fourth-order valence-electron chi connectivity index (χ4n) is 4.24. The number of carbonyl (C=O) groups excluding carboxylic acids is 1. The van der Waals surface area contributed by atoms with Gasteiger partial charge in [0.15, 0.2) is 0 Å². The van der Waals surface area contributed by atoms with E-state index in [1.807, 2.05) is 35.6 Å². The Labute approximate surface area is 160 Å². The summed E-state index contributed by atoms with van der Waals surface area (Å²) in [6.07, 6.45) is 2.65. The highest BCUT2D eigenvalue weighted by Crippen LogP contribution is 2.40. The van der Waals surface area contributed by atoms with Crippen molar-refractivity contribution in [2.24, 2.45) is 5.92 Å². The highest BCUT2D eigenvalue weighted by Gasteiger charge is 2.43. The Morgan fingerprint density at radius 3 is 2.70 bits per heavy atom. The largest absolute Gasteiger partial charge is 0.391 e. The van der Waals surface area contributed by atoms with E-state index in [4.69, 9.17) is 5.10 Å². The molecular formula is C21H28N4O2. The molecule has 6 heteroatoms. The Morgan fingerprint density at radius 2 is 2.00 bits per heavy atom. The average molecular weight is 368 g/mol. The first-order chi connectivity index (χ1) is 13.0. The third-order valence-electron chi connectivity index (χ3n) is 5.95. The summed E-state index contributed by atoms with van der Waals surface area (Å²) < 4.78 is 1.96. The monoisotopic (exact) mass is 368 g/mol. The van der Waals surface area contributed by atoms with Gasteiger partial charge < -0.3 is 15.3 Å². The van der Waals surface area contributed by atoms with Crippen LogP contribution in [-0.4, -0.2) is 44.5 Å². The number of β-amino-alcohol motifs (C(OH)–C–C–N with tert-alkyl or cyclic N) is 1.